The van der Waals surface area contributed by atoms with Gasteiger partial charge in [-0.1, -0.05) is 0 Å². The Bertz CT molecular complexity index is 377. The average molecular weight is 219 g/mol. The monoisotopic (exact) mass is 219 g/mol. The van der Waals surface area contributed by atoms with Crippen molar-refractivity contribution in [3.05, 3.63) is 23.4 Å². The van der Waals surface area contributed by atoms with E-state index in [1.165, 1.54) is 0 Å². The molecule has 1 aromatic heterocycles. The number of aryl methyl sites for hydroxylation is 1. The van der Waals surface area contributed by atoms with Gasteiger partial charge in [0, 0.05) is 12.6 Å². The number of pyridine rings is 1. The Morgan fingerprint density at radius 3 is 3.12 bits per heavy atom. The van der Waals surface area contributed by atoms with Crippen LogP contribution in [0.15, 0.2) is 12.3 Å². The van der Waals surface area contributed by atoms with E-state index in [1.54, 1.807) is 6.20 Å². The Kier molecular flexibility index (Phi) is 3.19. The SMILES string of the molecule is Cc1ccnc(N)c1C(=O)CC1CCNC1. The molecule has 1 fully saturated rings. The van der Waals surface area contributed by atoms with Gasteiger partial charge in [0.2, 0.25) is 0 Å². The van der Waals surface area contributed by atoms with E-state index in [0.29, 0.717) is 23.7 Å². The van der Waals surface area contributed by atoms with Crippen LogP contribution in [0.1, 0.15) is 28.8 Å². The van der Waals surface area contributed by atoms with Gasteiger partial charge < -0.3 is 11.1 Å². The third-order valence-corrected chi connectivity index (χ3v) is 3.10. The summed E-state index contributed by atoms with van der Waals surface area (Å²) in [6.07, 6.45) is 3.28. The van der Waals surface area contributed by atoms with Gasteiger partial charge in [-0.2, -0.15) is 0 Å². The van der Waals surface area contributed by atoms with E-state index in [0.717, 1.165) is 25.1 Å². The van der Waals surface area contributed by atoms with E-state index in [1.807, 2.05) is 13.0 Å². The van der Waals surface area contributed by atoms with Gasteiger partial charge in [-0.3, -0.25) is 4.79 Å². The van der Waals surface area contributed by atoms with Gasteiger partial charge in [0.1, 0.15) is 5.82 Å². The molecule has 0 amide bonds. The van der Waals surface area contributed by atoms with Crippen molar-refractivity contribution < 1.29 is 4.79 Å². The highest BCUT2D eigenvalue weighted by Gasteiger charge is 2.21. The first-order valence-corrected chi connectivity index (χ1v) is 5.63. The molecule has 1 unspecified atom stereocenters. The maximum atomic E-state index is 12.1. The lowest BCUT2D eigenvalue weighted by molar-refractivity contribution is 0.0964. The first kappa shape index (κ1) is 11.1. The molecule has 0 radical (unpaired) electrons. The molecule has 1 atom stereocenters. The third-order valence-electron chi connectivity index (χ3n) is 3.10. The number of anilines is 1. The average Bonchev–Trinajstić information content (AvgIpc) is 2.70. The van der Waals surface area contributed by atoms with Gasteiger partial charge in [-0.05, 0) is 44.0 Å². The Hall–Kier alpha value is -1.42. The lowest BCUT2D eigenvalue weighted by Crippen LogP contribution is -2.15. The summed E-state index contributed by atoms with van der Waals surface area (Å²) in [5.74, 6) is 0.930. The molecule has 1 aliphatic heterocycles. The molecule has 0 aliphatic carbocycles. The number of carbonyl (C=O) groups is 1. The Morgan fingerprint density at radius 2 is 2.50 bits per heavy atom. The second-order valence-corrected chi connectivity index (χ2v) is 4.37. The van der Waals surface area contributed by atoms with Gasteiger partial charge in [0.05, 0.1) is 5.56 Å². The van der Waals surface area contributed by atoms with Crippen molar-refractivity contribution in [2.75, 3.05) is 18.8 Å². The standard InChI is InChI=1S/C12H17N3O/c1-8-2-5-15-12(13)11(8)10(16)6-9-3-4-14-7-9/h2,5,9,14H,3-4,6-7H2,1H3,(H2,13,15). The van der Waals surface area contributed by atoms with Crippen LogP contribution in [0, 0.1) is 12.8 Å². The number of nitrogens with one attached hydrogen (secondary N) is 1. The second kappa shape index (κ2) is 4.61. The number of nitrogens with zero attached hydrogens (tertiary/aromatic N) is 1. The number of nitrogen functional groups attached to an aromatic ring is 1. The quantitative estimate of drug-likeness (QED) is 0.748. The predicted molar refractivity (Wildman–Crippen MR) is 63.3 cm³/mol. The molecule has 0 spiro atoms. The van der Waals surface area contributed by atoms with E-state index in [-0.39, 0.29) is 5.78 Å². The summed E-state index contributed by atoms with van der Waals surface area (Å²) in [6.45, 7) is 3.85. The Labute approximate surface area is 95.3 Å². The molecule has 3 N–H and O–H groups in total. The van der Waals surface area contributed by atoms with E-state index >= 15 is 0 Å². The number of aromatic nitrogens is 1. The van der Waals surface area contributed by atoms with Gasteiger partial charge in [0.25, 0.3) is 0 Å². The molecular formula is C12H17N3O. The summed E-state index contributed by atoms with van der Waals surface area (Å²) < 4.78 is 0. The summed E-state index contributed by atoms with van der Waals surface area (Å²) in [5.41, 5.74) is 7.27. The normalized spacial score (nSPS) is 19.9. The van der Waals surface area contributed by atoms with Crippen molar-refractivity contribution in [1.29, 1.82) is 0 Å². The molecule has 1 saturated heterocycles. The number of Topliss-reactive ketones (excluding diaryl/α,β-unsaturated/α-hetero) is 1. The fourth-order valence-corrected chi connectivity index (χ4v) is 2.19. The predicted octanol–water partition coefficient (Wildman–Crippen LogP) is 1.15. The molecule has 4 heteroatoms. The minimum Gasteiger partial charge on any atom is -0.383 e. The van der Waals surface area contributed by atoms with E-state index in [2.05, 4.69) is 10.3 Å². The van der Waals surface area contributed by atoms with Crippen molar-refractivity contribution in [2.45, 2.75) is 19.8 Å². The van der Waals surface area contributed by atoms with Gasteiger partial charge >= 0.3 is 0 Å². The summed E-state index contributed by atoms with van der Waals surface area (Å²) in [4.78, 5) is 16.1. The van der Waals surface area contributed by atoms with Crippen molar-refractivity contribution in [2.24, 2.45) is 5.92 Å². The number of rotatable bonds is 3. The van der Waals surface area contributed by atoms with Crippen LogP contribution in [0.5, 0.6) is 0 Å². The van der Waals surface area contributed by atoms with Crippen LogP contribution in [0.2, 0.25) is 0 Å². The second-order valence-electron chi connectivity index (χ2n) is 4.37. The van der Waals surface area contributed by atoms with E-state index in [4.69, 9.17) is 5.73 Å². The maximum Gasteiger partial charge on any atom is 0.167 e. The first-order valence-electron chi connectivity index (χ1n) is 5.63. The largest absolute Gasteiger partial charge is 0.383 e. The molecule has 16 heavy (non-hydrogen) atoms. The Morgan fingerprint density at radius 1 is 1.69 bits per heavy atom. The minimum atomic E-state index is 0.122. The molecule has 86 valence electrons. The topological polar surface area (TPSA) is 68.0 Å². The van der Waals surface area contributed by atoms with Crippen molar-refractivity contribution in [1.82, 2.24) is 10.3 Å². The van der Waals surface area contributed by atoms with E-state index in [9.17, 15) is 4.79 Å². The molecule has 1 aliphatic rings. The van der Waals surface area contributed by atoms with E-state index < -0.39 is 0 Å². The third kappa shape index (κ3) is 2.22. The molecule has 0 saturated carbocycles. The minimum absolute atomic E-state index is 0.122. The highest BCUT2D eigenvalue weighted by atomic mass is 16.1. The van der Waals surface area contributed by atoms with Crippen LogP contribution in [0.25, 0.3) is 0 Å². The first-order chi connectivity index (χ1) is 7.68. The molecule has 0 aromatic carbocycles. The molecule has 0 bridgehead atoms. The zero-order chi connectivity index (χ0) is 11.5. The fourth-order valence-electron chi connectivity index (χ4n) is 2.19. The number of ketones is 1. The molecular weight excluding hydrogens is 202 g/mol. The van der Waals surface area contributed by atoms with Crippen molar-refractivity contribution in [3.8, 4) is 0 Å². The lowest BCUT2D eigenvalue weighted by Gasteiger charge is -2.10. The van der Waals surface area contributed by atoms with Crippen molar-refractivity contribution in [3.63, 3.8) is 0 Å². The summed E-state index contributed by atoms with van der Waals surface area (Å²) in [5, 5.41) is 3.26. The van der Waals surface area contributed by atoms with Crippen LogP contribution < -0.4 is 11.1 Å². The van der Waals surface area contributed by atoms with Crippen molar-refractivity contribution >= 4 is 11.6 Å². The smallest absolute Gasteiger partial charge is 0.167 e. The zero-order valence-electron chi connectivity index (χ0n) is 9.49. The Balaban J connectivity index is 2.13. The van der Waals surface area contributed by atoms with Crippen LogP contribution in [0.4, 0.5) is 5.82 Å². The number of hydrogen-bond acceptors (Lipinski definition) is 4. The number of hydrogen-bond donors (Lipinski definition) is 2. The number of carbonyl (C=O) groups excluding carboxylic acids is 1. The fraction of sp³-hybridized carbons (Fsp3) is 0.500. The molecule has 2 heterocycles. The zero-order valence-corrected chi connectivity index (χ0v) is 9.49. The highest BCUT2D eigenvalue weighted by molar-refractivity contribution is 6.01. The van der Waals surface area contributed by atoms with Gasteiger partial charge in [0.15, 0.2) is 5.78 Å². The number of nitrogens with two attached hydrogens (primary N) is 1. The maximum absolute atomic E-state index is 12.1. The molecule has 4 nitrogen and oxygen atoms in total. The lowest BCUT2D eigenvalue weighted by atomic mass is 9.96. The van der Waals surface area contributed by atoms with Crippen LogP contribution in [0.3, 0.4) is 0 Å². The molecule has 2 rings (SSSR count). The highest BCUT2D eigenvalue weighted by Crippen LogP contribution is 2.20. The molecule has 1 aromatic rings. The van der Waals surface area contributed by atoms with Crippen LogP contribution >= 0.6 is 0 Å². The van der Waals surface area contributed by atoms with Crippen LogP contribution in [-0.2, 0) is 0 Å². The summed E-state index contributed by atoms with van der Waals surface area (Å²) in [6, 6.07) is 1.83. The summed E-state index contributed by atoms with van der Waals surface area (Å²) >= 11 is 0. The van der Waals surface area contributed by atoms with Gasteiger partial charge in [-0.15, -0.1) is 0 Å². The summed E-state index contributed by atoms with van der Waals surface area (Å²) in [7, 11) is 0. The van der Waals surface area contributed by atoms with Gasteiger partial charge in [-0.25, -0.2) is 4.98 Å². The van der Waals surface area contributed by atoms with Crippen LogP contribution in [-0.4, -0.2) is 23.9 Å².